The van der Waals surface area contributed by atoms with Gasteiger partial charge in [-0.25, -0.2) is 4.39 Å². The standard InChI is InChI=1S/C17H21FN2O4/c1-11-8-13(17(23)24)10-20(9-11)15(21)6-7-19-16(22)12-2-4-14(18)5-3-12/h2-5,11,13H,6-10H2,1H3,(H,19,22)(H,23,24). The van der Waals surface area contributed by atoms with Gasteiger partial charge in [0.1, 0.15) is 5.82 Å². The van der Waals surface area contributed by atoms with Crippen LogP contribution in [0.4, 0.5) is 4.39 Å². The molecule has 0 aliphatic carbocycles. The van der Waals surface area contributed by atoms with Gasteiger partial charge in [-0.05, 0) is 36.6 Å². The highest BCUT2D eigenvalue weighted by molar-refractivity contribution is 5.94. The van der Waals surface area contributed by atoms with Crippen LogP contribution in [0.3, 0.4) is 0 Å². The van der Waals surface area contributed by atoms with E-state index in [-0.39, 0.29) is 37.2 Å². The summed E-state index contributed by atoms with van der Waals surface area (Å²) >= 11 is 0. The van der Waals surface area contributed by atoms with E-state index < -0.39 is 17.7 Å². The van der Waals surface area contributed by atoms with Gasteiger partial charge in [-0.3, -0.25) is 14.4 Å². The minimum absolute atomic E-state index is 0.103. The van der Waals surface area contributed by atoms with Gasteiger partial charge in [0.05, 0.1) is 5.92 Å². The smallest absolute Gasteiger partial charge is 0.308 e. The van der Waals surface area contributed by atoms with Crippen molar-refractivity contribution < 1.29 is 23.9 Å². The average Bonchev–Trinajstić information content (AvgIpc) is 2.54. The molecule has 2 amide bonds. The van der Waals surface area contributed by atoms with Crippen LogP contribution in [0, 0.1) is 17.7 Å². The van der Waals surface area contributed by atoms with Crippen LogP contribution in [0.1, 0.15) is 30.1 Å². The topological polar surface area (TPSA) is 86.7 Å². The zero-order valence-electron chi connectivity index (χ0n) is 13.5. The molecule has 2 atom stereocenters. The summed E-state index contributed by atoms with van der Waals surface area (Å²) in [6, 6.07) is 5.13. The summed E-state index contributed by atoms with van der Waals surface area (Å²) in [6.45, 7) is 2.82. The number of carboxylic acid groups (broad SMARTS) is 1. The Morgan fingerprint density at radius 3 is 2.54 bits per heavy atom. The third kappa shape index (κ3) is 4.78. The van der Waals surface area contributed by atoms with Crippen LogP contribution >= 0.6 is 0 Å². The number of hydrogen-bond acceptors (Lipinski definition) is 3. The second-order valence-corrected chi connectivity index (χ2v) is 6.19. The maximum absolute atomic E-state index is 12.8. The molecule has 1 aromatic carbocycles. The molecular formula is C17H21FN2O4. The molecule has 24 heavy (non-hydrogen) atoms. The first kappa shape index (κ1) is 17.9. The van der Waals surface area contributed by atoms with Crippen molar-refractivity contribution >= 4 is 17.8 Å². The van der Waals surface area contributed by atoms with Gasteiger partial charge in [-0.2, -0.15) is 0 Å². The Kier molecular flexibility index (Phi) is 5.89. The van der Waals surface area contributed by atoms with Crippen molar-refractivity contribution in [1.29, 1.82) is 0 Å². The number of halogens is 1. The Balaban J connectivity index is 1.81. The molecule has 0 saturated carbocycles. The number of carbonyl (C=O) groups is 3. The molecule has 7 heteroatoms. The second kappa shape index (κ2) is 7.90. The number of hydrogen-bond donors (Lipinski definition) is 2. The third-order valence-corrected chi connectivity index (χ3v) is 4.09. The number of amides is 2. The third-order valence-electron chi connectivity index (χ3n) is 4.09. The summed E-state index contributed by atoms with van der Waals surface area (Å²) < 4.78 is 12.8. The molecule has 1 aliphatic rings. The van der Waals surface area contributed by atoms with Crippen molar-refractivity contribution in [1.82, 2.24) is 10.2 Å². The first-order valence-electron chi connectivity index (χ1n) is 7.91. The zero-order chi connectivity index (χ0) is 17.7. The lowest BCUT2D eigenvalue weighted by molar-refractivity contribution is -0.146. The average molecular weight is 336 g/mol. The highest BCUT2D eigenvalue weighted by atomic mass is 19.1. The first-order valence-corrected chi connectivity index (χ1v) is 7.91. The van der Waals surface area contributed by atoms with Crippen LogP contribution in [0.25, 0.3) is 0 Å². The maximum atomic E-state index is 12.8. The summed E-state index contributed by atoms with van der Waals surface area (Å²) in [4.78, 5) is 36.8. The van der Waals surface area contributed by atoms with E-state index in [0.29, 0.717) is 18.5 Å². The predicted octanol–water partition coefficient (Wildman–Crippen LogP) is 1.51. The van der Waals surface area contributed by atoms with E-state index in [0.717, 1.165) is 0 Å². The van der Waals surface area contributed by atoms with Gasteiger partial charge in [0, 0.05) is 31.6 Å². The lowest BCUT2D eigenvalue weighted by Crippen LogP contribution is -2.46. The lowest BCUT2D eigenvalue weighted by atomic mass is 9.90. The number of carbonyl (C=O) groups excluding carboxylic acids is 2. The van der Waals surface area contributed by atoms with Gasteiger partial charge in [-0.1, -0.05) is 6.92 Å². The number of likely N-dealkylation sites (tertiary alicyclic amines) is 1. The number of piperidine rings is 1. The van der Waals surface area contributed by atoms with Gasteiger partial charge in [-0.15, -0.1) is 0 Å². The highest BCUT2D eigenvalue weighted by Crippen LogP contribution is 2.22. The molecule has 1 aromatic rings. The highest BCUT2D eigenvalue weighted by Gasteiger charge is 2.31. The maximum Gasteiger partial charge on any atom is 0.308 e. The molecule has 0 aromatic heterocycles. The van der Waals surface area contributed by atoms with Crippen molar-refractivity contribution in [3.63, 3.8) is 0 Å². The summed E-state index contributed by atoms with van der Waals surface area (Å²) in [5, 5.41) is 11.7. The Labute approximate surface area is 139 Å². The summed E-state index contributed by atoms with van der Waals surface area (Å²) in [7, 11) is 0. The van der Waals surface area contributed by atoms with E-state index in [1.165, 1.54) is 24.3 Å². The van der Waals surface area contributed by atoms with E-state index >= 15 is 0 Å². The monoisotopic (exact) mass is 336 g/mol. The quantitative estimate of drug-likeness (QED) is 0.853. The number of nitrogens with zero attached hydrogens (tertiary/aromatic N) is 1. The number of nitrogens with one attached hydrogen (secondary N) is 1. The van der Waals surface area contributed by atoms with Crippen LogP contribution in [-0.4, -0.2) is 47.4 Å². The van der Waals surface area contributed by atoms with Gasteiger partial charge >= 0.3 is 5.97 Å². The fraction of sp³-hybridized carbons (Fsp3) is 0.471. The van der Waals surface area contributed by atoms with Crippen LogP contribution in [0.5, 0.6) is 0 Å². The fourth-order valence-corrected chi connectivity index (χ4v) is 2.88. The number of carboxylic acids is 1. The predicted molar refractivity (Wildman–Crippen MR) is 84.8 cm³/mol. The van der Waals surface area contributed by atoms with E-state index in [2.05, 4.69) is 5.32 Å². The first-order chi connectivity index (χ1) is 11.4. The normalized spacial score (nSPS) is 20.5. The van der Waals surface area contributed by atoms with E-state index in [1.54, 1.807) is 4.90 Å². The molecule has 2 unspecified atom stereocenters. The molecule has 6 nitrogen and oxygen atoms in total. The fourth-order valence-electron chi connectivity index (χ4n) is 2.88. The van der Waals surface area contributed by atoms with Crippen LogP contribution in [0.2, 0.25) is 0 Å². The molecule has 2 N–H and O–H groups in total. The van der Waals surface area contributed by atoms with Gasteiger partial charge in [0.25, 0.3) is 5.91 Å². The molecular weight excluding hydrogens is 315 g/mol. The van der Waals surface area contributed by atoms with Crippen molar-refractivity contribution in [3.05, 3.63) is 35.6 Å². The van der Waals surface area contributed by atoms with E-state index in [1.807, 2.05) is 6.92 Å². The van der Waals surface area contributed by atoms with Crippen molar-refractivity contribution in [2.75, 3.05) is 19.6 Å². The molecule has 0 spiro atoms. The minimum Gasteiger partial charge on any atom is -0.481 e. The summed E-state index contributed by atoms with van der Waals surface area (Å²) in [5.74, 6) is -2.26. The Bertz CT molecular complexity index is 618. The second-order valence-electron chi connectivity index (χ2n) is 6.19. The summed E-state index contributed by atoms with van der Waals surface area (Å²) in [6.07, 6.45) is 0.673. The molecule has 1 saturated heterocycles. The Hall–Kier alpha value is -2.44. The molecule has 0 radical (unpaired) electrons. The van der Waals surface area contributed by atoms with Gasteiger partial charge in [0.15, 0.2) is 0 Å². The Morgan fingerprint density at radius 1 is 1.25 bits per heavy atom. The van der Waals surface area contributed by atoms with Crippen LogP contribution in [-0.2, 0) is 9.59 Å². The summed E-state index contributed by atoms with van der Waals surface area (Å²) in [5.41, 5.74) is 0.321. The Morgan fingerprint density at radius 2 is 1.92 bits per heavy atom. The van der Waals surface area contributed by atoms with Crippen molar-refractivity contribution in [3.8, 4) is 0 Å². The van der Waals surface area contributed by atoms with E-state index in [9.17, 15) is 18.8 Å². The van der Waals surface area contributed by atoms with Crippen LogP contribution < -0.4 is 5.32 Å². The minimum atomic E-state index is -0.885. The molecule has 2 rings (SSSR count). The lowest BCUT2D eigenvalue weighted by Gasteiger charge is -2.34. The molecule has 1 aliphatic heterocycles. The number of aliphatic carboxylic acids is 1. The SMILES string of the molecule is CC1CC(C(=O)O)CN(C(=O)CCNC(=O)c2ccc(F)cc2)C1. The van der Waals surface area contributed by atoms with Gasteiger partial charge in [0.2, 0.25) is 5.91 Å². The molecule has 1 heterocycles. The molecule has 0 bridgehead atoms. The zero-order valence-corrected chi connectivity index (χ0v) is 13.5. The molecule has 1 fully saturated rings. The van der Waals surface area contributed by atoms with Crippen molar-refractivity contribution in [2.24, 2.45) is 11.8 Å². The van der Waals surface area contributed by atoms with Gasteiger partial charge < -0.3 is 15.3 Å². The van der Waals surface area contributed by atoms with Crippen molar-refractivity contribution in [2.45, 2.75) is 19.8 Å². The number of rotatable bonds is 5. The number of benzene rings is 1. The largest absolute Gasteiger partial charge is 0.481 e. The molecule has 130 valence electrons. The van der Waals surface area contributed by atoms with E-state index in [4.69, 9.17) is 5.11 Å². The van der Waals surface area contributed by atoms with Crippen LogP contribution in [0.15, 0.2) is 24.3 Å².